The van der Waals surface area contributed by atoms with Crippen molar-refractivity contribution >= 4 is 45.9 Å². The van der Waals surface area contributed by atoms with E-state index in [1.807, 2.05) is 12.1 Å². The molecule has 2 heterocycles. The van der Waals surface area contributed by atoms with Gasteiger partial charge in [0.25, 0.3) is 0 Å². The number of ether oxygens (including phenoxy) is 1. The first-order valence-corrected chi connectivity index (χ1v) is 8.76. The second-order valence-corrected chi connectivity index (χ2v) is 6.54. The van der Waals surface area contributed by atoms with Gasteiger partial charge in [-0.15, -0.1) is 11.3 Å². The zero-order valence-electron chi connectivity index (χ0n) is 14.0. The second-order valence-electron chi connectivity index (χ2n) is 5.27. The molecule has 3 N–H and O–H groups in total. The molecule has 0 aliphatic rings. The minimum Gasteiger partial charge on any atom is -0.496 e. The van der Waals surface area contributed by atoms with Crippen molar-refractivity contribution < 1.29 is 9.66 Å². The molecule has 10 nitrogen and oxygen atoms in total. The predicted molar refractivity (Wildman–Crippen MR) is 104 cm³/mol. The van der Waals surface area contributed by atoms with Gasteiger partial charge >= 0.3 is 5.82 Å². The molecule has 0 saturated carbocycles. The van der Waals surface area contributed by atoms with Crippen LogP contribution in [0.5, 0.6) is 5.75 Å². The predicted octanol–water partition coefficient (Wildman–Crippen LogP) is 2.99. The number of hydrazone groups is 1. The van der Waals surface area contributed by atoms with Crippen LogP contribution in [0.3, 0.4) is 0 Å². The van der Waals surface area contributed by atoms with Gasteiger partial charge in [0.15, 0.2) is 5.02 Å². The summed E-state index contributed by atoms with van der Waals surface area (Å²) in [7, 11) is 1.54. The van der Waals surface area contributed by atoms with E-state index < -0.39 is 4.92 Å². The molecule has 3 rings (SSSR count). The first kappa shape index (κ1) is 18.6. The molecule has 0 atom stereocenters. The highest BCUT2D eigenvalue weighted by Crippen LogP contribution is 2.25. The molecule has 0 unspecified atom stereocenters. The van der Waals surface area contributed by atoms with E-state index in [4.69, 9.17) is 22.1 Å². The van der Waals surface area contributed by atoms with Gasteiger partial charge < -0.3 is 20.6 Å². The molecule has 0 saturated heterocycles. The highest BCUT2D eigenvalue weighted by Gasteiger charge is 2.19. The van der Waals surface area contributed by atoms with Crippen LogP contribution < -0.4 is 15.9 Å². The van der Waals surface area contributed by atoms with Crippen molar-refractivity contribution in [2.24, 2.45) is 5.10 Å². The van der Waals surface area contributed by atoms with Crippen LogP contribution in [-0.2, 0) is 6.54 Å². The minimum absolute atomic E-state index is 0.0244. The molecule has 0 aliphatic heterocycles. The van der Waals surface area contributed by atoms with E-state index in [1.165, 1.54) is 22.2 Å². The summed E-state index contributed by atoms with van der Waals surface area (Å²) in [5, 5.41) is 21.1. The normalized spacial score (nSPS) is 11.0. The number of benzene rings is 1. The van der Waals surface area contributed by atoms with E-state index in [-0.39, 0.29) is 17.4 Å². The number of halogens is 1. The van der Waals surface area contributed by atoms with Crippen molar-refractivity contribution in [2.75, 3.05) is 18.3 Å². The third-order valence-electron chi connectivity index (χ3n) is 3.40. The van der Waals surface area contributed by atoms with E-state index in [2.05, 4.69) is 20.6 Å². The zero-order valence-corrected chi connectivity index (χ0v) is 15.6. The number of nitrogens with one attached hydrogen (secondary N) is 1. The molecule has 27 heavy (non-hydrogen) atoms. The maximum absolute atomic E-state index is 10.9. The summed E-state index contributed by atoms with van der Waals surface area (Å²) < 4.78 is 6.73. The van der Waals surface area contributed by atoms with E-state index in [9.17, 15) is 10.1 Å². The van der Waals surface area contributed by atoms with E-state index in [0.717, 1.165) is 11.1 Å². The summed E-state index contributed by atoms with van der Waals surface area (Å²) in [4.78, 5) is 14.3. The van der Waals surface area contributed by atoms with E-state index >= 15 is 0 Å². The molecule has 0 bridgehead atoms. The standard InChI is InChI=1S/C15H14ClN7O3S/c1-26-12-3-2-9(5-18-20-15-19-13(17)8-27-15)4-10(12)6-22-7-11(16)14(21-22)23(24)25/h2-5,7-8H,6,17H2,1H3,(H,19,20). The number of nitrogens with zero attached hydrogens (tertiary/aromatic N) is 5. The number of aromatic nitrogens is 3. The zero-order chi connectivity index (χ0) is 19.4. The summed E-state index contributed by atoms with van der Waals surface area (Å²) in [6, 6.07) is 5.43. The van der Waals surface area contributed by atoms with E-state index in [1.54, 1.807) is 24.8 Å². The summed E-state index contributed by atoms with van der Waals surface area (Å²) in [6.07, 6.45) is 3.01. The van der Waals surface area contributed by atoms with Gasteiger partial charge in [-0.25, -0.2) is 4.98 Å². The van der Waals surface area contributed by atoms with Crippen molar-refractivity contribution in [2.45, 2.75) is 6.54 Å². The van der Waals surface area contributed by atoms with Crippen LogP contribution >= 0.6 is 22.9 Å². The van der Waals surface area contributed by atoms with Gasteiger partial charge in [-0.05, 0) is 28.7 Å². The monoisotopic (exact) mass is 407 g/mol. The maximum atomic E-state index is 10.9. The summed E-state index contributed by atoms with van der Waals surface area (Å²) in [6.45, 7) is 0.245. The molecule has 0 aliphatic carbocycles. The van der Waals surface area contributed by atoms with Gasteiger partial charge in [-0.3, -0.25) is 5.43 Å². The van der Waals surface area contributed by atoms with Crippen LogP contribution in [0.1, 0.15) is 11.1 Å². The van der Waals surface area contributed by atoms with Crippen LogP contribution in [0.2, 0.25) is 5.02 Å². The van der Waals surface area contributed by atoms with Crippen molar-refractivity contribution in [3.8, 4) is 5.75 Å². The van der Waals surface area contributed by atoms with E-state index in [0.29, 0.717) is 16.7 Å². The third-order valence-corrected chi connectivity index (χ3v) is 4.44. The van der Waals surface area contributed by atoms with Crippen LogP contribution in [0, 0.1) is 10.1 Å². The molecule has 0 spiro atoms. The summed E-state index contributed by atoms with van der Waals surface area (Å²) >= 11 is 7.18. The fraction of sp³-hybridized carbons (Fsp3) is 0.133. The number of rotatable bonds is 7. The molecule has 1 aromatic carbocycles. The molecule has 140 valence electrons. The van der Waals surface area contributed by atoms with Gasteiger partial charge in [-0.2, -0.15) is 9.78 Å². The third kappa shape index (κ3) is 4.51. The average molecular weight is 408 g/mol. The molecule has 0 fully saturated rings. The smallest absolute Gasteiger partial charge is 0.408 e. The maximum Gasteiger partial charge on any atom is 0.408 e. The number of hydrogen-bond acceptors (Lipinski definition) is 9. The van der Waals surface area contributed by atoms with Crippen LogP contribution in [0.25, 0.3) is 0 Å². The quantitative estimate of drug-likeness (QED) is 0.349. The second kappa shape index (κ2) is 8.01. The highest BCUT2D eigenvalue weighted by atomic mass is 35.5. The van der Waals surface area contributed by atoms with Crippen molar-refractivity contribution in [1.82, 2.24) is 14.8 Å². The molecule has 2 aromatic heterocycles. The molecular weight excluding hydrogens is 394 g/mol. The first-order chi connectivity index (χ1) is 13.0. The van der Waals surface area contributed by atoms with Crippen molar-refractivity contribution in [3.63, 3.8) is 0 Å². The molecule has 0 radical (unpaired) electrons. The Balaban J connectivity index is 1.78. The van der Waals surface area contributed by atoms with Crippen LogP contribution in [0.4, 0.5) is 16.8 Å². The number of hydrogen-bond donors (Lipinski definition) is 2. The number of thiazole rings is 1. The van der Waals surface area contributed by atoms with Crippen molar-refractivity contribution in [1.29, 1.82) is 0 Å². The number of nitrogens with two attached hydrogens (primary N) is 1. The largest absolute Gasteiger partial charge is 0.496 e. The highest BCUT2D eigenvalue weighted by molar-refractivity contribution is 7.14. The first-order valence-electron chi connectivity index (χ1n) is 7.50. The number of nitrogen functional groups attached to an aromatic ring is 1. The van der Waals surface area contributed by atoms with Gasteiger partial charge in [0.2, 0.25) is 5.13 Å². The SMILES string of the molecule is COc1ccc(C=NNc2nc(N)cs2)cc1Cn1cc(Cl)c([N+](=O)[O-])n1. The Labute approximate surface area is 162 Å². The minimum atomic E-state index is -0.629. The molecule has 12 heteroatoms. The number of anilines is 2. The Hall–Kier alpha value is -3.18. The molecular formula is C15H14ClN7O3S. The lowest BCUT2D eigenvalue weighted by atomic mass is 10.1. The van der Waals surface area contributed by atoms with Crippen LogP contribution in [0.15, 0.2) is 34.9 Å². The Morgan fingerprint density at radius 3 is 3.00 bits per heavy atom. The lowest BCUT2D eigenvalue weighted by Crippen LogP contribution is -2.04. The Morgan fingerprint density at radius 1 is 1.56 bits per heavy atom. The Bertz CT molecular complexity index is 1000. The molecule has 3 aromatic rings. The topological polar surface area (TPSA) is 133 Å². The molecule has 0 amide bonds. The van der Waals surface area contributed by atoms with Crippen LogP contribution in [-0.4, -0.2) is 33.0 Å². The fourth-order valence-corrected chi connectivity index (χ4v) is 3.04. The Kier molecular flexibility index (Phi) is 5.52. The van der Waals surface area contributed by atoms with Crippen molar-refractivity contribution in [3.05, 3.63) is 56.0 Å². The number of nitro groups is 1. The summed E-state index contributed by atoms with van der Waals surface area (Å²) in [5.74, 6) is 0.652. The van der Waals surface area contributed by atoms with Gasteiger partial charge in [-0.1, -0.05) is 11.6 Å². The number of methoxy groups -OCH3 is 1. The Morgan fingerprint density at radius 2 is 2.37 bits per heavy atom. The summed E-state index contributed by atoms with van der Waals surface area (Å²) in [5.41, 5.74) is 9.89. The fourth-order valence-electron chi connectivity index (χ4n) is 2.27. The van der Waals surface area contributed by atoms with Gasteiger partial charge in [0.05, 0.1) is 31.2 Å². The van der Waals surface area contributed by atoms with Gasteiger partial charge in [0.1, 0.15) is 11.6 Å². The average Bonchev–Trinajstić information content (AvgIpc) is 3.20. The lowest BCUT2D eigenvalue weighted by molar-refractivity contribution is -0.389. The van der Waals surface area contributed by atoms with Gasteiger partial charge in [0, 0.05) is 10.9 Å². The lowest BCUT2D eigenvalue weighted by Gasteiger charge is -2.08.